The lowest BCUT2D eigenvalue weighted by Gasteiger charge is -2.06. The first-order chi connectivity index (χ1) is 6.86. The maximum Gasteiger partial charge on any atom is 0.538 e. The second-order valence-corrected chi connectivity index (χ2v) is 5.22. The van der Waals surface area contributed by atoms with Crippen molar-refractivity contribution in [3.8, 4) is 5.75 Å². The Bertz CT molecular complexity index is 265. The van der Waals surface area contributed by atoms with Crippen molar-refractivity contribution in [2.75, 3.05) is 6.61 Å². The van der Waals surface area contributed by atoms with E-state index >= 15 is 0 Å². The summed E-state index contributed by atoms with van der Waals surface area (Å²) < 4.78 is 6.86. The first-order valence-corrected chi connectivity index (χ1v) is 7.99. The Morgan fingerprint density at radius 1 is 1.36 bits per heavy atom. The van der Waals surface area contributed by atoms with Gasteiger partial charge in [0.05, 0.1) is 6.61 Å². The van der Waals surface area contributed by atoms with Crippen LogP contribution in [-0.2, 0) is 0 Å². The molecular weight excluding hydrogens is 208 g/mol. The topological polar surface area (TPSA) is 9.23 Å². The fourth-order valence-electron chi connectivity index (χ4n) is 1.26. The van der Waals surface area contributed by atoms with Gasteiger partial charge in [0.15, 0.2) is 0 Å². The molecule has 1 aromatic rings. The van der Waals surface area contributed by atoms with Crippen molar-refractivity contribution in [2.45, 2.75) is 26.2 Å². The number of rotatable bonds is 6. The molecule has 0 atom stereocenters. The van der Waals surface area contributed by atoms with Crippen LogP contribution in [0.15, 0.2) is 24.3 Å². The Kier molecular flexibility index (Phi) is 6.40. The van der Waals surface area contributed by atoms with Crippen molar-refractivity contribution in [1.82, 2.24) is 0 Å². The van der Waals surface area contributed by atoms with E-state index in [-0.39, 0.29) is 0 Å². The number of benzene rings is 1. The highest BCUT2D eigenvalue weighted by Crippen LogP contribution is 2.08. The van der Waals surface area contributed by atoms with Gasteiger partial charge in [-0.1, -0.05) is 31.9 Å². The zero-order valence-corrected chi connectivity index (χ0v) is 10.8. The van der Waals surface area contributed by atoms with E-state index in [9.17, 15) is 0 Å². The van der Waals surface area contributed by atoms with Gasteiger partial charge in [0, 0.05) is 0 Å². The second-order valence-electron chi connectivity index (χ2n) is 3.34. The zero-order chi connectivity index (χ0) is 10.2. The van der Waals surface area contributed by atoms with Crippen molar-refractivity contribution < 1.29 is 4.74 Å². The van der Waals surface area contributed by atoms with E-state index in [4.69, 9.17) is 13.8 Å². The third-order valence-corrected chi connectivity index (χ3v) is 3.74. The average molecular weight is 223 g/mol. The zero-order valence-electron chi connectivity index (χ0n) is 8.63. The average Bonchev–Trinajstić information content (AvgIpc) is 2.25. The molecule has 0 aromatic heterocycles. The minimum absolute atomic E-state index is 0.571. The molecule has 0 aliphatic carbocycles. The van der Waals surface area contributed by atoms with Gasteiger partial charge < -0.3 is 13.8 Å². The van der Waals surface area contributed by atoms with Crippen molar-refractivity contribution in [3.63, 3.8) is 0 Å². The van der Waals surface area contributed by atoms with Crippen molar-refractivity contribution in [3.05, 3.63) is 24.3 Å². The molecule has 0 amide bonds. The summed E-state index contributed by atoms with van der Waals surface area (Å²) in [6, 6.07) is 8.14. The summed E-state index contributed by atoms with van der Waals surface area (Å²) in [4.78, 5) is 0. The fraction of sp³-hybridized carbons (Fsp3) is 0.455. The molecule has 74 valence electrons. The van der Waals surface area contributed by atoms with Gasteiger partial charge in [-0.25, -0.2) is 0 Å². The molecular formula is C11H15ClMgO. The van der Waals surface area contributed by atoms with Crippen molar-refractivity contribution >= 4 is 32.0 Å². The Labute approximate surface area is 99.3 Å². The predicted molar refractivity (Wildman–Crippen MR) is 62.7 cm³/mol. The van der Waals surface area contributed by atoms with Crippen LogP contribution < -0.4 is 8.43 Å². The lowest BCUT2D eigenvalue weighted by atomic mass is 10.3. The highest BCUT2D eigenvalue weighted by molar-refractivity contribution is 7.01. The van der Waals surface area contributed by atoms with Gasteiger partial charge >= 0.3 is 19.3 Å². The van der Waals surface area contributed by atoms with Gasteiger partial charge in [0.1, 0.15) is 5.75 Å². The fourth-order valence-corrected chi connectivity index (χ4v) is 2.26. The second kappa shape index (κ2) is 7.38. The summed E-state index contributed by atoms with van der Waals surface area (Å²) >= 11 is -0.571. The maximum atomic E-state index is 5.87. The van der Waals surface area contributed by atoms with E-state index in [0.29, 0.717) is 0 Å². The van der Waals surface area contributed by atoms with E-state index in [1.165, 1.54) is 16.5 Å². The highest BCUT2D eigenvalue weighted by Gasteiger charge is 1.98. The van der Waals surface area contributed by atoms with Crippen LogP contribution in [0.25, 0.3) is 0 Å². The third-order valence-electron chi connectivity index (χ3n) is 2.07. The normalized spacial score (nSPS) is 9.57. The number of hydrogen-bond acceptors (Lipinski definition) is 1. The first kappa shape index (κ1) is 12.1. The lowest BCUT2D eigenvalue weighted by Crippen LogP contribution is -2.08. The summed E-state index contributed by atoms with van der Waals surface area (Å²) in [7, 11) is 5.87. The van der Waals surface area contributed by atoms with E-state index in [2.05, 4.69) is 19.1 Å². The van der Waals surface area contributed by atoms with Crippen LogP contribution in [0.3, 0.4) is 0 Å². The molecule has 1 aromatic carbocycles. The van der Waals surface area contributed by atoms with Gasteiger partial charge in [-0.15, -0.1) is 3.69 Å². The van der Waals surface area contributed by atoms with Gasteiger partial charge in [0.2, 0.25) is 0 Å². The smallest absolute Gasteiger partial charge is 0.494 e. The number of unbranched alkanes of at least 4 members (excludes halogenated alkanes) is 2. The molecule has 0 N–H and O–H groups in total. The lowest BCUT2D eigenvalue weighted by molar-refractivity contribution is 0.306. The predicted octanol–water partition coefficient (Wildman–Crippen LogP) is 2.74. The minimum Gasteiger partial charge on any atom is -0.494 e. The van der Waals surface area contributed by atoms with Crippen molar-refractivity contribution in [1.29, 1.82) is 0 Å². The Hall–Kier alpha value is 0.0762. The number of hydrogen-bond donors (Lipinski definition) is 0. The quantitative estimate of drug-likeness (QED) is 0.532. The van der Waals surface area contributed by atoms with Crippen LogP contribution >= 0.6 is 9.07 Å². The molecule has 14 heavy (non-hydrogen) atoms. The van der Waals surface area contributed by atoms with Crippen LogP contribution in [0.5, 0.6) is 5.75 Å². The molecule has 0 fully saturated rings. The summed E-state index contributed by atoms with van der Waals surface area (Å²) in [5, 5.41) is 0. The summed E-state index contributed by atoms with van der Waals surface area (Å²) in [6.45, 7) is 3.01. The van der Waals surface area contributed by atoms with Crippen LogP contribution in [0.4, 0.5) is 0 Å². The Morgan fingerprint density at radius 2 is 2.21 bits per heavy atom. The van der Waals surface area contributed by atoms with Crippen LogP contribution in [0, 0.1) is 0 Å². The summed E-state index contributed by atoms with van der Waals surface area (Å²) in [5.41, 5.74) is 0. The molecule has 0 unspecified atom stereocenters. The Balaban J connectivity index is 2.34. The van der Waals surface area contributed by atoms with E-state index < -0.39 is 19.3 Å². The highest BCUT2D eigenvalue weighted by atomic mass is 35.5. The van der Waals surface area contributed by atoms with E-state index in [1.807, 2.05) is 12.1 Å². The van der Waals surface area contributed by atoms with Crippen molar-refractivity contribution in [2.24, 2.45) is 0 Å². The van der Waals surface area contributed by atoms with Crippen LogP contribution in [-0.4, -0.2) is 25.9 Å². The molecule has 0 heterocycles. The van der Waals surface area contributed by atoms with Gasteiger partial charge in [0.25, 0.3) is 0 Å². The molecule has 1 nitrogen and oxygen atoms in total. The molecule has 3 heteroatoms. The monoisotopic (exact) mass is 222 g/mol. The largest absolute Gasteiger partial charge is 0.538 e. The van der Waals surface area contributed by atoms with Gasteiger partial charge in [-0.3, -0.25) is 0 Å². The summed E-state index contributed by atoms with van der Waals surface area (Å²) in [6.07, 6.45) is 3.61. The van der Waals surface area contributed by atoms with Crippen LogP contribution in [0.2, 0.25) is 0 Å². The number of ether oxygens (including phenoxy) is 1. The number of halogens is 1. The SMILES string of the molecule is CCCCCOc1ccc[c]([Mg][Cl])c1. The van der Waals surface area contributed by atoms with Gasteiger partial charge in [-0.05, 0) is 18.6 Å². The first-order valence-electron chi connectivity index (χ1n) is 5.14. The van der Waals surface area contributed by atoms with Crippen LogP contribution in [0.1, 0.15) is 26.2 Å². The molecule has 0 saturated heterocycles. The van der Waals surface area contributed by atoms with E-state index in [1.54, 1.807) is 0 Å². The molecule has 0 radical (unpaired) electrons. The minimum atomic E-state index is -0.571. The molecule has 1 rings (SSSR count). The standard InChI is InChI=1S/C11H15O.ClH.Mg/c1-2-3-7-10-12-11-8-5-4-6-9-11;;/h4-5,8-9H,2-3,7,10H2,1H3;1H;/q;;+1/p-1. The van der Waals surface area contributed by atoms with E-state index in [0.717, 1.165) is 18.8 Å². The Morgan fingerprint density at radius 3 is 2.93 bits per heavy atom. The maximum absolute atomic E-state index is 5.87. The molecule has 0 spiro atoms. The van der Waals surface area contributed by atoms with Gasteiger partial charge in [-0.2, -0.15) is 0 Å². The summed E-state index contributed by atoms with van der Waals surface area (Å²) in [5.74, 6) is 0.965. The molecule has 0 bridgehead atoms. The molecule has 0 saturated carbocycles. The molecule has 0 aliphatic heterocycles. The third kappa shape index (κ3) is 4.53. The molecule has 0 aliphatic rings.